The zero-order valence-electron chi connectivity index (χ0n) is 10.3. The molecule has 0 spiro atoms. The molecule has 0 saturated carbocycles. The van der Waals surface area contributed by atoms with Gasteiger partial charge in [-0.3, -0.25) is 4.68 Å². The smallest absolute Gasteiger partial charge is 0.173 e. The van der Waals surface area contributed by atoms with Crippen LogP contribution in [0, 0.1) is 5.92 Å². The Bertz CT molecular complexity index is 359. The van der Waals surface area contributed by atoms with Crippen LogP contribution < -0.4 is 10.6 Å². The van der Waals surface area contributed by atoms with E-state index in [4.69, 9.17) is 5.73 Å². The molecule has 5 nitrogen and oxygen atoms in total. The van der Waals surface area contributed by atoms with Crippen molar-refractivity contribution in [3.8, 4) is 0 Å². The van der Waals surface area contributed by atoms with Gasteiger partial charge in [-0.1, -0.05) is 0 Å². The fraction of sp³-hybridized carbons (Fsp3) is 0.727. The molecule has 1 saturated heterocycles. The third kappa shape index (κ3) is 2.29. The minimum absolute atomic E-state index is 0.733. The Morgan fingerprint density at radius 2 is 2.31 bits per heavy atom. The van der Waals surface area contributed by atoms with E-state index in [1.165, 1.54) is 19.5 Å². The largest absolute Gasteiger partial charge is 0.394 e. The van der Waals surface area contributed by atoms with Gasteiger partial charge >= 0.3 is 0 Å². The van der Waals surface area contributed by atoms with Crippen LogP contribution in [0.5, 0.6) is 0 Å². The third-order valence-corrected chi connectivity index (χ3v) is 3.22. The monoisotopic (exact) mass is 223 g/mol. The van der Waals surface area contributed by atoms with E-state index in [0.29, 0.717) is 0 Å². The lowest BCUT2D eigenvalue weighted by atomic mass is 10.1. The Kier molecular flexibility index (Phi) is 3.05. The second-order valence-corrected chi connectivity index (χ2v) is 4.88. The van der Waals surface area contributed by atoms with Crippen LogP contribution >= 0.6 is 0 Å². The summed E-state index contributed by atoms with van der Waals surface area (Å²) < 4.78 is 1.77. The van der Waals surface area contributed by atoms with Gasteiger partial charge in [-0.25, -0.2) is 0 Å². The average Bonchev–Trinajstić information content (AvgIpc) is 2.73. The van der Waals surface area contributed by atoms with Gasteiger partial charge in [0.2, 0.25) is 0 Å². The number of nitrogens with zero attached hydrogens (tertiary/aromatic N) is 4. The maximum Gasteiger partial charge on any atom is 0.173 e. The molecule has 1 aromatic heterocycles. The summed E-state index contributed by atoms with van der Waals surface area (Å²) in [5, 5.41) is 4.38. The summed E-state index contributed by atoms with van der Waals surface area (Å²) in [4.78, 5) is 4.54. The van der Waals surface area contributed by atoms with Crippen molar-refractivity contribution >= 4 is 11.5 Å². The van der Waals surface area contributed by atoms with Crippen molar-refractivity contribution in [2.45, 2.75) is 6.42 Å². The van der Waals surface area contributed by atoms with Crippen LogP contribution in [-0.2, 0) is 7.05 Å². The second kappa shape index (κ2) is 4.33. The van der Waals surface area contributed by atoms with E-state index in [0.717, 1.165) is 24.0 Å². The van der Waals surface area contributed by atoms with Crippen LogP contribution in [0.1, 0.15) is 6.42 Å². The van der Waals surface area contributed by atoms with E-state index < -0.39 is 0 Å². The summed E-state index contributed by atoms with van der Waals surface area (Å²) in [7, 11) is 6.14. The molecule has 1 atom stereocenters. The van der Waals surface area contributed by atoms with Crippen LogP contribution in [0.3, 0.4) is 0 Å². The van der Waals surface area contributed by atoms with Crippen LogP contribution in [-0.4, -0.2) is 48.4 Å². The second-order valence-electron chi connectivity index (χ2n) is 4.88. The van der Waals surface area contributed by atoms with Gasteiger partial charge in [-0.2, -0.15) is 5.10 Å². The normalized spacial score (nSPS) is 21.6. The molecule has 1 aliphatic rings. The van der Waals surface area contributed by atoms with Gasteiger partial charge in [0.15, 0.2) is 5.82 Å². The van der Waals surface area contributed by atoms with Crippen LogP contribution in [0.15, 0.2) is 6.20 Å². The highest BCUT2D eigenvalue weighted by Gasteiger charge is 2.22. The Balaban J connectivity index is 1.97. The minimum atomic E-state index is 0.733. The number of likely N-dealkylation sites (tertiary alicyclic amines) is 1. The van der Waals surface area contributed by atoms with Crippen LogP contribution in [0.4, 0.5) is 11.5 Å². The van der Waals surface area contributed by atoms with Crippen LogP contribution in [0.25, 0.3) is 0 Å². The SMILES string of the molecule is CN1CCC(CN(C)c2nn(C)cc2N)C1. The number of rotatable bonds is 3. The molecule has 0 amide bonds. The fourth-order valence-corrected chi connectivity index (χ4v) is 2.44. The molecule has 0 aromatic carbocycles. The molecular weight excluding hydrogens is 202 g/mol. The molecule has 2 rings (SSSR count). The summed E-state index contributed by atoms with van der Waals surface area (Å²) in [5.41, 5.74) is 6.67. The standard InChI is InChI=1S/C11H21N5/c1-14-5-4-9(6-14)7-15(2)11-10(12)8-16(3)13-11/h8-9H,4-7,12H2,1-3H3. The van der Waals surface area contributed by atoms with Gasteiger partial charge in [0.25, 0.3) is 0 Å². The molecule has 1 fully saturated rings. The highest BCUT2D eigenvalue weighted by molar-refractivity contribution is 5.61. The Hall–Kier alpha value is -1.23. The fourth-order valence-electron chi connectivity index (χ4n) is 2.44. The van der Waals surface area contributed by atoms with Gasteiger partial charge < -0.3 is 15.5 Å². The highest BCUT2D eigenvalue weighted by atomic mass is 15.3. The average molecular weight is 223 g/mol. The molecule has 5 heteroatoms. The van der Waals surface area contributed by atoms with Crippen molar-refractivity contribution in [2.24, 2.45) is 13.0 Å². The zero-order valence-corrected chi connectivity index (χ0v) is 10.3. The molecular formula is C11H21N5. The number of anilines is 2. The number of aromatic nitrogens is 2. The van der Waals surface area contributed by atoms with E-state index in [2.05, 4.69) is 29.0 Å². The summed E-state index contributed by atoms with van der Waals surface area (Å²) >= 11 is 0. The lowest BCUT2D eigenvalue weighted by molar-refractivity contribution is 0.395. The van der Waals surface area contributed by atoms with E-state index in [-0.39, 0.29) is 0 Å². The first-order chi connectivity index (χ1) is 7.56. The molecule has 0 radical (unpaired) electrons. The first-order valence-electron chi connectivity index (χ1n) is 5.75. The first kappa shape index (κ1) is 11.3. The molecule has 2 N–H and O–H groups in total. The summed E-state index contributed by atoms with van der Waals surface area (Å²) in [6.45, 7) is 3.42. The minimum Gasteiger partial charge on any atom is -0.394 e. The molecule has 0 aliphatic carbocycles. The summed E-state index contributed by atoms with van der Waals surface area (Å²) in [6, 6.07) is 0. The zero-order chi connectivity index (χ0) is 11.7. The van der Waals surface area contributed by atoms with Crippen molar-refractivity contribution in [1.29, 1.82) is 0 Å². The Morgan fingerprint density at radius 1 is 1.56 bits per heavy atom. The Morgan fingerprint density at radius 3 is 2.81 bits per heavy atom. The number of hydrogen-bond donors (Lipinski definition) is 1. The van der Waals surface area contributed by atoms with Crippen molar-refractivity contribution in [2.75, 3.05) is 44.4 Å². The van der Waals surface area contributed by atoms with Crippen molar-refractivity contribution in [1.82, 2.24) is 14.7 Å². The third-order valence-electron chi connectivity index (χ3n) is 3.22. The van der Waals surface area contributed by atoms with E-state index in [1.54, 1.807) is 4.68 Å². The molecule has 90 valence electrons. The van der Waals surface area contributed by atoms with E-state index in [1.807, 2.05) is 13.2 Å². The summed E-state index contributed by atoms with van der Waals surface area (Å²) in [6.07, 6.45) is 3.13. The topological polar surface area (TPSA) is 50.3 Å². The predicted molar refractivity (Wildman–Crippen MR) is 66.5 cm³/mol. The molecule has 2 heterocycles. The van der Waals surface area contributed by atoms with Crippen molar-refractivity contribution in [3.63, 3.8) is 0 Å². The number of hydrogen-bond acceptors (Lipinski definition) is 4. The van der Waals surface area contributed by atoms with Gasteiger partial charge in [-0.15, -0.1) is 0 Å². The quantitative estimate of drug-likeness (QED) is 0.805. The van der Waals surface area contributed by atoms with Gasteiger partial charge in [0, 0.05) is 33.4 Å². The maximum absolute atomic E-state index is 5.91. The van der Waals surface area contributed by atoms with E-state index in [9.17, 15) is 0 Å². The van der Waals surface area contributed by atoms with Crippen LogP contribution in [0.2, 0.25) is 0 Å². The molecule has 1 aliphatic heterocycles. The highest BCUT2D eigenvalue weighted by Crippen LogP contribution is 2.22. The van der Waals surface area contributed by atoms with E-state index >= 15 is 0 Å². The lowest BCUT2D eigenvalue weighted by Crippen LogP contribution is -2.28. The lowest BCUT2D eigenvalue weighted by Gasteiger charge is -2.21. The van der Waals surface area contributed by atoms with Gasteiger partial charge in [-0.05, 0) is 25.9 Å². The maximum atomic E-state index is 5.91. The molecule has 0 bridgehead atoms. The number of nitrogens with two attached hydrogens (primary N) is 1. The molecule has 16 heavy (non-hydrogen) atoms. The molecule has 1 unspecified atom stereocenters. The predicted octanol–water partition coefficient (Wildman–Crippen LogP) is 0.390. The Labute approximate surface area is 96.8 Å². The van der Waals surface area contributed by atoms with Crippen molar-refractivity contribution in [3.05, 3.63) is 6.20 Å². The number of nitrogen functional groups attached to an aromatic ring is 1. The molecule has 1 aromatic rings. The summed E-state index contributed by atoms with van der Waals surface area (Å²) in [5.74, 6) is 1.63. The van der Waals surface area contributed by atoms with Crippen molar-refractivity contribution < 1.29 is 0 Å². The van der Waals surface area contributed by atoms with Gasteiger partial charge in [0.1, 0.15) is 0 Å². The number of aryl methyl sites for hydroxylation is 1. The first-order valence-corrected chi connectivity index (χ1v) is 5.75. The van der Waals surface area contributed by atoms with Gasteiger partial charge in [0.05, 0.1) is 5.69 Å².